The highest BCUT2D eigenvalue weighted by atomic mass is 79.9. The molecule has 180 valence electrons. The van der Waals surface area contributed by atoms with E-state index >= 15 is 0 Å². The summed E-state index contributed by atoms with van der Waals surface area (Å²) in [7, 11) is 1.51. The Balaban J connectivity index is 1.36. The smallest absolute Gasteiger partial charge is 0.261 e. The maximum atomic E-state index is 13.1. The van der Waals surface area contributed by atoms with Crippen LogP contribution in [0, 0.1) is 0 Å². The minimum Gasteiger partial charge on any atom is -0.495 e. The number of benzene rings is 4. The molecular formula is C26H16BrCl2N3O3S. The molecule has 1 heterocycles. The van der Waals surface area contributed by atoms with Gasteiger partial charge in [0.1, 0.15) is 11.3 Å². The molecule has 0 saturated carbocycles. The number of amides is 1. The van der Waals surface area contributed by atoms with E-state index in [0.29, 0.717) is 54.1 Å². The zero-order valence-corrected chi connectivity index (χ0v) is 22.5. The number of thiocarbonyl (C=S) groups is 1. The Morgan fingerprint density at radius 3 is 2.67 bits per heavy atom. The molecule has 0 atom stereocenters. The Hall–Kier alpha value is -3.17. The van der Waals surface area contributed by atoms with E-state index in [4.69, 9.17) is 44.6 Å². The summed E-state index contributed by atoms with van der Waals surface area (Å²) < 4.78 is 12.0. The highest BCUT2D eigenvalue weighted by Gasteiger charge is 2.19. The topological polar surface area (TPSA) is 76.4 Å². The molecular weight excluding hydrogens is 585 g/mol. The standard InChI is InChI=1S/C26H16BrCl2N3O3S/c1-34-23-18(10-13-4-2-3-5-16(13)22(23)27)24(33)32-26(36)30-15-7-9-21-20(12-15)31-25(35-21)17-8-6-14(28)11-19(17)29/h2-12H,1H3,(H2,30,32,33,36). The number of oxazole rings is 1. The minimum absolute atomic E-state index is 0.121. The van der Waals surface area contributed by atoms with Crippen LogP contribution in [0.25, 0.3) is 33.3 Å². The maximum absolute atomic E-state index is 13.1. The number of methoxy groups -OCH3 is 1. The van der Waals surface area contributed by atoms with Gasteiger partial charge < -0.3 is 14.5 Å². The third-order valence-electron chi connectivity index (χ3n) is 5.42. The summed E-state index contributed by atoms with van der Waals surface area (Å²) in [4.78, 5) is 17.6. The Morgan fingerprint density at radius 2 is 1.89 bits per heavy atom. The normalized spacial score (nSPS) is 11.0. The second-order valence-corrected chi connectivity index (χ2v) is 9.77. The number of carbonyl (C=O) groups is 1. The monoisotopic (exact) mass is 599 g/mol. The molecule has 0 saturated heterocycles. The summed E-state index contributed by atoms with van der Waals surface area (Å²) in [5.41, 5.74) is 2.77. The van der Waals surface area contributed by atoms with E-state index in [1.165, 1.54) is 7.11 Å². The highest BCUT2D eigenvalue weighted by molar-refractivity contribution is 9.10. The molecule has 5 rings (SSSR count). The summed E-state index contributed by atoms with van der Waals surface area (Å²) in [6.07, 6.45) is 0. The minimum atomic E-state index is -0.405. The van der Waals surface area contributed by atoms with Gasteiger partial charge in [-0.1, -0.05) is 47.5 Å². The third-order valence-corrected chi connectivity index (χ3v) is 6.96. The second-order valence-electron chi connectivity index (χ2n) is 7.73. The first-order valence-corrected chi connectivity index (χ1v) is 12.5. The molecule has 0 fully saturated rings. The Kier molecular flexibility index (Phi) is 6.85. The van der Waals surface area contributed by atoms with Crippen molar-refractivity contribution in [3.05, 3.63) is 86.8 Å². The summed E-state index contributed by atoms with van der Waals surface area (Å²) in [6, 6.07) is 19.8. The fraction of sp³-hybridized carbons (Fsp3) is 0.0385. The third kappa shape index (κ3) is 4.77. The van der Waals surface area contributed by atoms with Crippen LogP contribution in [0.15, 0.2) is 75.6 Å². The molecule has 2 N–H and O–H groups in total. The van der Waals surface area contributed by atoms with E-state index in [0.717, 1.165) is 10.8 Å². The predicted molar refractivity (Wildman–Crippen MR) is 151 cm³/mol. The molecule has 0 aliphatic carbocycles. The number of anilines is 1. The number of aromatic nitrogens is 1. The zero-order valence-electron chi connectivity index (χ0n) is 18.6. The average Bonchev–Trinajstić information content (AvgIpc) is 3.27. The fourth-order valence-corrected chi connectivity index (χ4v) is 5.21. The van der Waals surface area contributed by atoms with Crippen LogP contribution in [0.5, 0.6) is 5.75 Å². The van der Waals surface area contributed by atoms with Crippen LogP contribution in [0.4, 0.5) is 5.69 Å². The van der Waals surface area contributed by atoms with Gasteiger partial charge in [0.25, 0.3) is 5.91 Å². The number of nitrogens with zero attached hydrogens (tertiary/aromatic N) is 1. The van der Waals surface area contributed by atoms with E-state index in [1.54, 1.807) is 42.5 Å². The molecule has 5 aromatic rings. The summed E-state index contributed by atoms with van der Waals surface area (Å²) >= 11 is 21.2. The van der Waals surface area contributed by atoms with E-state index in [-0.39, 0.29) is 5.11 Å². The summed E-state index contributed by atoms with van der Waals surface area (Å²) in [6.45, 7) is 0. The molecule has 10 heteroatoms. The molecule has 0 bridgehead atoms. The van der Waals surface area contributed by atoms with Crippen molar-refractivity contribution < 1.29 is 13.9 Å². The first-order chi connectivity index (χ1) is 17.3. The number of hydrogen-bond donors (Lipinski definition) is 2. The molecule has 0 radical (unpaired) electrons. The van der Waals surface area contributed by atoms with E-state index in [9.17, 15) is 4.79 Å². The number of carbonyl (C=O) groups excluding carboxylic acids is 1. The van der Waals surface area contributed by atoms with Crippen LogP contribution in [0.3, 0.4) is 0 Å². The zero-order chi connectivity index (χ0) is 25.4. The van der Waals surface area contributed by atoms with E-state index < -0.39 is 5.91 Å². The summed E-state index contributed by atoms with van der Waals surface area (Å²) in [5.74, 6) is 0.387. The van der Waals surface area contributed by atoms with Gasteiger partial charge in [0, 0.05) is 10.7 Å². The number of fused-ring (bicyclic) bond motifs is 2. The van der Waals surface area contributed by atoms with Gasteiger partial charge in [-0.05, 0) is 81.4 Å². The molecule has 6 nitrogen and oxygen atoms in total. The van der Waals surface area contributed by atoms with Crippen LogP contribution in [0.1, 0.15) is 10.4 Å². The van der Waals surface area contributed by atoms with E-state index in [2.05, 4.69) is 31.5 Å². The Bertz CT molecular complexity index is 1670. The number of halogens is 3. The van der Waals surface area contributed by atoms with Crippen molar-refractivity contribution in [1.29, 1.82) is 0 Å². The van der Waals surface area contributed by atoms with Crippen molar-refractivity contribution in [1.82, 2.24) is 10.3 Å². The highest BCUT2D eigenvalue weighted by Crippen LogP contribution is 2.37. The maximum Gasteiger partial charge on any atom is 0.261 e. The van der Waals surface area contributed by atoms with Crippen molar-refractivity contribution in [2.75, 3.05) is 12.4 Å². The van der Waals surface area contributed by atoms with Gasteiger partial charge in [-0.15, -0.1) is 0 Å². The van der Waals surface area contributed by atoms with Crippen molar-refractivity contribution >= 4 is 89.9 Å². The molecule has 0 aliphatic rings. The number of ether oxygens (including phenoxy) is 1. The number of hydrogen-bond acceptors (Lipinski definition) is 5. The molecule has 4 aromatic carbocycles. The SMILES string of the molecule is COc1c(C(=O)NC(=S)Nc2ccc3oc(-c4ccc(Cl)cc4Cl)nc3c2)cc2ccccc2c1Br. The van der Waals surface area contributed by atoms with Crippen molar-refractivity contribution in [2.45, 2.75) is 0 Å². The molecule has 1 amide bonds. The first kappa shape index (κ1) is 24.5. The lowest BCUT2D eigenvalue weighted by atomic mass is 10.1. The average molecular weight is 601 g/mol. The molecule has 0 aliphatic heterocycles. The van der Waals surface area contributed by atoms with Gasteiger partial charge in [0.2, 0.25) is 5.89 Å². The lowest BCUT2D eigenvalue weighted by Crippen LogP contribution is -2.34. The lowest BCUT2D eigenvalue weighted by Gasteiger charge is -2.14. The van der Waals surface area contributed by atoms with Crippen molar-refractivity contribution in [2.24, 2.45) is 0 Å². The largest absolute Gasteiger partial charge is 0.495 e. The van der Waals surface area contributed by atoms with Gasteiger partial charge in [-0.2, -0.15) is 0 Å². The molecule has 36 heavy (non-hydrogen) atoms. The quantitative estimate of drug-likeness (QED) is 0.205. The van der Waals surface area contributed by atoms with Gasteiger partial charge in [0.05, 0.1) is 27.7 Å². The van der Waals surface area contributed by atoms with Gasteiger partial charge in [0.15, 0.2) is 10.7 Å². The van der Waals surface area contributed by atoms with Gasteiger partial charge in [-0.25, -0.2) is 4.98 Å². The lowest BCUT2D eigenvalue weighted by molar-refractivity contribution is 0.0975. The van der Waals surface area contributed by atoms with Gasteiger partial charge in [-0.3, -0.25) is 10.1 Å². The van der Waals surface area contributed by atoms with E-state index in [1.807, 2.05) is 24.3 Å². The molecule has 0 unspecified atom stereocenters. The number of nitrogens with one attached hydrogen (secondary N) is 2. The van der Waals surface area contributed by atoms with Gasteiger partial charge >= 0.3 is 0 Å². The predicted octanol–water partition coefficient (Wildman–Crippen LogP) is 7.85. The summed E-state index contributed by atoms with van der Waals surface area (Å²) in [5, 5.41) is 8.63. The van der Waals surface area contributed by atoms with Crippen molar-refractivity contribution in [3.63, 3.8) is 0 Å². The van der Waals surface area contributed by atoms with Crippen LogP contribution in [0.2, 0.25) is 10.0 Å². The van der Waals surface area contributed by atoms with Crippen LogP contribution in [-0.4, -0.2) is 23.1 Å². The second kappa shape index (κ2) is 10.1. The van der Waals surface area contributed by atoms with Crippen LogP contribution < -0.4 is 15.4 Å². The van der Waals surface area contributed by atoms with Crippen LogP contribution in [-0.2, 0) is 0 Å². The van der Waals surface area contributed by atoms with Crippen molar-refractivity contribution in [3.8, 4) is 17.2 Å². The fourth-order valence-electron chi connectivity index (χ4n) is 3.77. The Morgan fingerprint density at radius 1 is 1.08 bits per heavy atom. The first-order valence-electron chi connectivity index (χ1n) is 10.6. The Labute approximate surface area is 229 Å². The van der Waals surface area contributed by atoms with Crippen LogP contribution >= 0.6 is 51.3 Å². The molecule has 0 spiro atoms. The number of rotatable bonds is 4. The molecule has 1 aromatic heterocycles.